The van der Waals surface area contributed by atoms with E-state index < -0.39 is 0 Å². The summed E-state index contributed by atoms with van der Waals surface area (Å²) in [6.07, 6.45) is 0.764. The van der Waals surface area contributed by atoms with E-state index in [1.54, 1.807) is 24.3 Å². The third-order valence-electron chi connectivity index (χ3n) is 3.78. The Hall–Kier alpha value is -2.60. The molecule has 0 radical (unpaired) electrons. The van der Waals surface area contributed by atoms with Crippen LogP contribution in [0.4, 0.5) is 10.1 Å². The molecule has 3 aromatic rings. The minimum Gasteiger partial charge on any atom is -0.325 e. The van der Waals surface area contributed by atoms with Crippen molar-refractivity contribution in [1.82, 2.24) is 4.98 Å². The molecule has 0 saturated heterocycles. The molecule has 0 aliphatic carbocycles. The molecule has 25 heavy (non-hydrogen) atoms. The number of thioether (sulfide) groups is 1. The number of aromatic amines is 1. The van der Waals surface area contributed by atoms with Crippen molar-refractivity contribution in [2.75, 3.05) is 11.1 Å². The molecule has 3 rings (SSSR count). The van der Waals surface area contributed by atoms with Crippen molar-refractivity contribution < 1.29 is 9.18 Å². The summed E-state index contributed by atoms with van der Waals surface area (Å²) in [5.41, 5.74) is 2.15. The van der Waals surface area contributed by atoms with E-state index in [0.29, 0.717) is 11.2 Å². The zero-order chi connectivity index (χ0) is 17.8. The lowest BCUT2D eigenvalue weighted by molar-refractivity contribution is -0.113. The second-order valence-electron chi connectivity index (χ2n) is 5.56. The predicted molar refractivity (Wildman–Crippen MR) is 99.7 cm³/mol. The van der Waals surface area contributed by atoms with Crippen LogP contribution < -0.4 is 10.9 Å². The molecule has 0 bridgehead atoms. The molecular formula is C19H17FN2O2S. The first-order chi connectivity index (χ1) is 12.0. The number of hydrogen-bond donors (Lipinski definition) is 2. The van der Waals surface area contributed by atoms with Crippen molar-refractivity contribution in [2.24, 2.45) is 0 Å². The van der Waals surface area contributed by atoms with Crippen molar-refractivity contribution in [3.05, 3.63) is 70.3 Å². The zero-order valence-corrected chi connectivity index (χ0v) is 14.5. The van der Waals surface area contributed by atoms with Gasteiger partial charge >= 0.3 is 0 Å². The summed E-state index contributed by atoms with van der Waals surface area (Å²) < 4.78 is 12.9. The minimum atomic E-state index is -0.301. The fraction of sp³-hybridized carbons (Fsp3) is 0.158. The SMILES string of the molecule is CCc1cc(=O)[nH]c2cc(NC(=O)CSc3ccc(F)cc3)ccc12. The molecule has 0 unspecified atom stereocenters. The second kappa shape index (κ2) is 7.53. The second-order valence-corrected chi connectivity index (χ2v) is 6.61. The molecule has 0 spiro atoms. The van der Waals surface area contributed by atoms with E-state index in [0.717, 1.165) is 22.3 Å². The molecule has 0 aliphatic heterocycles. The number of pyridine rings is 1. The molecule has 1 heterocycles. The number of benzene rings is 2. The van der Waals surface area contributed by atoms with Crippen LogP contribution in [-0.4, -0.2) is 16.6 Å². The fourth-order valence-corrected chi connectivity index (χ4v) is 3.28. The molecule has 0 aliphatic rings. The molecule has 1 amide bonds. The van der Waals surface area contributed by atoms with Crippen LogP contribution in [0.1, 0.15) is 12.5 Å². The summed E-state index contributed by atoms with van der Waals surface area (Å²) in [4.78, 5) is 27.4. The number of anilines is 1. The van der Waals surface area contributed by atoms with Gasteiger partial charge in [0.25, 0.3) is 0 Å². The van der Waals surface area contributed by atoms with Gasteiger partial charge in [-0.25, -0.2) is 4.39 Å². The largest absolute Gasteiger partial charge is 0.325 e. The molecule has 128 valence electrons. The highest BCUT2D eigenvalue weighted by atomic mass is 32.2. The van der Waals surface area contributed by atoms with Gasteiger partial charge in [0.15, 0.2) is 0 Å². The van der Waals surface area contributed by atoms with Gasteiger partial charge in [0.05, 0.1) is 11.3 Å². The topological polar surface area (TPSA) is 62.0 Å². The van der Waals surface area contributed by atoms with Crippen molar-refractivity contribution in [3.63, 3.8) is 0 Å². The van der Waals surface area contributed by atoms with E-state index in [9.17, 15) is 14.0 Å². The lowest BCUT2D eigenvalue weighted by atomic mass is 10.1. The van der Waals surface area contributed by atoms with Gasteiger partial charge in [0, 0.05) is 22.0 Å². The average Bonchev–Trinajstić information content (AvgIpc) is 2.60. The summed E-state index contributed by atoms with van der Waals surface area (Å²) in [7, 11) is 0. The summed E-state index contributed by atoms with van der Waals surface area (Å²) in [5.74, 6) is -0.247. The highest BCUT2D eigenvalue weighted by molar-refractivity contribution is 8.00. The van der Waals surface area contributed by atoms with Gasteiger partial charge < -0.3 is 10.3 Å². The fourth-order valence-electron chi connectivity index (χ4n) is 2.58. The molecule has 2 N–H and O–H groups in total. The van der Waals surface area contributed by atoms with Crippen molar-refractivity contribution in [3.8, 4) is 0 Å². The average molecular weight is 356 g/mol. The number of nitrogens with one attached hydrogen (secondary N) is 2. The van der Waals surface area contributed by atoms with Gasteiger partial charge in [-0.15, -0.1) is 11.8 Å². The maximum atomic E-state index is 12.9. The number of carbonyl (C=O) groups is 1. The molecule has 1 aromatic heterocycles. The van der Waals surface area contributed by atoms with Crippen LogP contribution in [0.2, 0.25) is 0 Å². The first-order valence-corrected chi connectivity index (χ1v) is 8.88. The number of amides is 1. The smallest absolute Gasteiger partial charge is 0.248 e. The molecule has 2 aromatic carbocycles. The first kappa shape index (κ1) is 17.2. The molecule has 6 heteroatoms. The normalized spacial score (nSPS) is 10.8. The Morgan fingerprint density at radius 2 is 1.92 bits per heavy atom. The molecular weight excluding hydrogens is 339 g/mol. The number of aryl methyl sites for hydroxylation is 1. The Labute approximate surface area is 148 Å². The van der Waals surface area contributed by atoms with Crippen molar-refractivity contribution >= 4 is 34.3 Å². The van der Waals surface area contributed by atoms with Gasteiger partial charge in [0.1, 0.15) is 5.82 Å². The van der Waals surface area contributed by atoms with Crippen LogP contribution in [0.5, 0.6) is 0 Å². The van der Waals surface area contributed by atoms with E-state index in [1.165, 1.54) is 23.9 Å². The zero-order valence-electron chi connectivity index (χ0n) is 13.6. The summed E-state index contributed by atoms with van der Waals surface area (Å²) >= 11 is 1.33. The molecule has 0 fully saturated rings. The number of aromatic nitrogens is 1. The maximum Gasteiger partial charge on any atom is 0.248 e. The summed E-state index contributed by atoms with van der Waals surface area (Å²) in [6.45, 7) is 2.00. The number of halogens is 1. The van der Waals surface area contributed by atoms with Gasteiger partial charge in [0.2, 0.25) is 11.5 Å². The quantitative estimate of drug-likeness (QED) is 0.680. The third-order valence-corrected chi connectivity index (χ3v) is 4.79. The Morgan fingerprint density at radius 3 is 2.64 bits per heavy atom. The molecule has 4 nitrogen and oxygen atoms in total. The van der Waals surface area contributed by atoms with E-state index in [2.05, 4.69) is 10.3 Å². The van der Waals surface area contributed by atoms with Crippen LogP contribution in [0.25, 0.3) is 10.9 Å². The van der Waals surface area contributed by atoms with Crippen molar-refractivity contribution in [1.29, 1.82) is 0 Å². The van der Waals surface area contributed by atoms with Crippen LogP contribution in [0.15, 0.2) is 58.2 Å². The number of hydrogen-bond acceptors (Lipinski definition) is 3. The number of H-pyrrole nitrogens is 1. The van der Waals surface area contributed by atoms with E-state index in [-0.39, 0.29) is 23.0 Å². The minimum absolute atomic E-state index is 0.153. The van der Waals surface area contributed by atoms with Crippen LogP contribution in [-0.2, 0) is 11.2 Å². The van der Waals surface area contributed by atoms with Crippen molar-refractivity contribution in [2.45, 2.75) is 18.2 Å². The van der Waals surface area contributed by atoms with E-state index in [4.69, 9.17) is 0 Å². The molecule has 0 atom stereocenters. The lowest BCUT2D eigenvalue weighted by Crippen LogP contribution is -2.14. The van der Waals surface area contributed by atoms with Gasteiger partial charge in [-0.2, -0.15) is 0 Å². The van der Waals surface area contributed by atoms with Crippen LogP contribution in [0, 0.1) is 5.82 Å². The number of fused-ring (bicyclic) bond motifs is 1. The highest BCUT2D eigenvalue weighted by Crippen LogP contribution is 2.21. The van der Waals surface area contributed by atoms with E-state index in [1.807, 2.05) is 19.1 Å². The van der Waals surface area contributed by atoms with Gasteiger partial charge in [-0.05, 0) is 48.4 Å². The van der Waals surface area contributed by atoms with Crippen LogP contribution in [0.3, 0.4) is 0 Å². The van der Waals surface area contributed by atoms with Crippen LogP contribution >= 0.6 is 11.8 Å². The Kier molecular flexibility index (Phi) is 5.19. The predicted octanol–water partition coefficient (Wildman–Crippen LogP) is 3.96. The Bertz CT molecular complexity index is 967. The van der Waals surface area contributed by atoms with Gasteiger partial charge in [-0.1, -0.05) is 13.0 Å². The summed E-state index contributed by atoms with van der Waals surface area (Å²) in [5, 5.41) is 3.79. The maximum absolute atomic E-state index is 12.9. The van der Waals surface area contributed by atoms with E-state index >= 15 is 0 Å². The monoisotopic (exact) mass is 356 g/mol. The van der Waals surface area contributed by atoms with Gasteiger partial charge in [-0.3, -0.25) is 9.59 Å². The summed E-state index contributed by atoms with van der Waals surface area (Å²) in [6, 6.07) is 13.1. The number of rotatable bonds is 5. The third kappa shape index (κ3) is 4.28. The Balaban J connectivity index is 1.70. The first-order valence-electron chi connectivity index (χ1n) is 7.89. The highest BCUT2D eigenvalue weighted by Gasteiger charge is 2.07. The Morgan fingerprint density at radius 1 is 1.16 bits per heavy atom. The number of carbonyl (C=O) groups excluding carboxylic acids is 1. The molecule has 0 saturated carbocycles. The lowest BCUT2D eigenvalue weighted by Gasteiger charge is -2.08. The standard InChI is InChI=1S/C19H17FN2O2S/c1-2-12-9-18(23)22-17-10-14(5-8-16(12)17)21-19(24)11-25-15-6-3-13(20)4-7-15/h3-10H,2,11H2,1H3,(H,21,24)(H,22,23).